The second-order valence-electron chi connectivity index (χ2n) is 0.575. The van der Waals surface area contributed by atoms with Gasteiger partial charge in [-0.25, -0.2) is 0 Å². The van der Waals surface area contributed by atoms with E-state index in [1.807, 2.05) is 6.92 Å². The van der Waals surface area contributed by atoms with E-state index in [1.165, 1.54) is 0 Å². The fourth-order valence-corrected chi connectivity index (χ4v) is 0. The quantitative estimate of drug-likeness (QED) is 0.406. The Hall–Kier alpha value is 0.0169. The maximum atomic E-state index is 9.38. The van der Waals surface area contributed by atoms with Crippen molar-refractivity contribution in [3.05, 3.63) is 0 Å². The normalized spacial score (nSPS) is 6.25. The molecule has 0 aromatic rings. The lowest BCUT2D eigenvalue weighted by Crippen LogP contribution is -1.56. The van der Waals surface area contributed by atoms with Crippen molar-refractivity contribution >= 4 is 9.41 Å². The average Bonchev–Trinajstić information content (AvgIpc) is 1.37. The van der Waals surface area contributed by atoms with Crippen LogP contribution >= 0.6 is 0 Å². The van der Waals surface area contributed by atoms with Crippen LogP contribution in [0.2, 0.25) is 6.04 Å². The molecule has 0 heterocycles. The topological polar surface area (TPSA) is 17.1 Å². The van der Waals surface area contributed by atoms with Crippen molar-refractivity contribution in [1.29, 1.82) is 0 Å². The first kappa shape index (κ1) is 4.02. The minimum atomic E-state index is -0.468. The van der Waals surface area contributed by atoms with Crippen molar-refractivity contribution in [2.24, 2.45) is 0 Å². The molecule has 4 heavy (non-hydrogen) atoms. The molecule has 0 N–H and O–H groups in total. The van der Waals surface area contributed by atoms with E-state index in [1.54, 1.807) is 0 Å². The predicted molar refractivity (Wildman–Crippen MR) is 18.3 cm³/mol. The van der Waals surface area contributed by atoms with Crippen molar-refractivity contribution in [1.82, 2.24) is 0 Å². The molecule has 0 aliphatic carbocycles. The lowest BCUT2D eigenvalue weighted by atomic mass is 11.0. The van der Waals surface area contributed by atoms with E-state index in [9.17, 15) is 4.46 Å². The molecule has 0 aliphatic rings. The molecule has 0 spiro atoms. The van der Waals surface area contributed by atoms with Gasteiger partial charge in [0.05, 0.1) is 0 Å². The van der Waals surface area contributed by atoms with Crippen LogP contribution in [-0.2, 0) is 4.46 Å². The molecule has 0 fully saturated rings. The molecule has 2 heteroatoms. The molecule has 24 valence electrons. The van der Waals surface area contributed by atoms with Crippen LogP contribution in [0, 0.1) is 0 Å². The second kappa shape index (κ2) is 3.02. The van der Waals surface area contributed by atoms with Gasteiger partial charge in [-0.05, 0) is 6.04 Å². The summed E-state index contributed by atoms with van der Waals surface area (Å²) in [6.07, 6.45) is 0. The average molecular weight is 74.2 g/mol. The van der Waals surface area contributed by atoms with Crippen LogP contribution in [-0.4, -0.2) is 9.41 Å². The standard InChI is InChI=1S/C2H6OSi/c1-2-4-3/h4H,2H2,1H3. The van der Waals surface area contributed by atoms with Gasteiger partial charge < -0.3 is 4.46 Å². The highest BCUT2D eigenvalue weighted by Crippen LogP contribution is 1.55. The zero-order chi connectivity index (χ0) is 3.41. The summed E-state index contributed by atoms with van der Waals surface area (Å²) in [6.45, 7) is 1.91. The minimum Gasteiger partial charge on any atom is -0.392 e. The summed E-state index contributed by atoms with van der Waals surface area (Å²) in [5.41, 5.74) is 0. The molecule has 0 saturated carbocycles. The first-order valence-electron chi connectivity index (χ1n) is 1.35. The molecule has 0 saturated heterocycles. The van der Waals surface area contributed by atoms with Gasteiger partial charge >= 0.3 is 0 Å². The van der Waals surface area contributed by atoms with Crippen LogP contribution < -0.4 is 0 Å². The van der Waals surface area contributed by atoms with Gasteiger partial charge in [0.25, 0.3) is 9.41 Å². The molecule has 0 radical (unpaired) electrons. The van der Waals surface area contributed by atoms with Crippen LogP contribution in [0.15, 0.2) is 0 Å². The van der Waals surface area contributed by atoms with E-state index in [2.05, 4.69) is 0 Å². The third kappa shape index (κ3) is 2.02. The van der Waals surface area contributed by atoms with E-state index in [0.717, 1.165) is 6.04 Å². The van der Waals surface area contributed by atoms with Crippen LogP contribution in [0.5, 0.6) is 0 Å². The zero-order valence-corrected chi connectivity index (χ0v) is 3.85. The monoisotopic (exact) mass is 74.0 g/mol. The summed E-state index contributed by atoms with van der Waals surface area (Å²) in [4.78, 5) is 0. The summed E-state index contributed by atoms with van der Waals surface area (Å²) >= 11 is 0. The van der Waals surface area contributed by atoms with Gasteiger partial charge in [-0.15, -0.1) is 0 Å². The van der Waals surface area contributed by atoms with Gasteiger partial charge in [0.2, 0.25) is 0 Å². The molecule has 0 amide bonds. The van der Waals surface area contributed by atoms with Crippen molar-refractivity contribution in [2.75, 3.05) is 0 Å². The van der Waals surface area contributed by atoms with E-state index in [-0.39, 0.29) is 0 Å². The lowest BCUT2D eigenvalue weighted by molar-refractivity contribution is 0.577. The molecule has 0 aliphatic heterocycles. The van der Waals surface area contributed by atoms with Crippen LogP contribution in [0.1, 0.15) is 6.92 Å². The van der Waals surface area contributed by atoms with Gasteiger partial charge in [-0.1, -0.05) is 6.92 Å². The number of hydrogen-bond donors (Lipinski definition) is 0. The van der Waals surface area contributed by atoms with Gasteiger partial charge in [0.15, 0.2) is 0 Å². The zero-order valence-electron chi connectivity index (χ0n) is 2.69. The molecular weight excluding hydrogens is 68.1 g/mol. The maximum absolute atomic E-state index is 9.38. The predicted octanol–water partition coefficient (Wildman–Crippen LogP) is 0.207. The van der Waals surface area contributed by atoms with E-state index in [4.69, 9.17) is 0 Å². The van der Waals surface area contributed by atoms with Crippen LogP contribution in [0.3, 0.4) is 0 Å². The van der Waals surface area contributed by atoms with E-state index < -0.39 is 9.41 Å². The highest BCUT2D eigenvalue weighted by molar-refractivity contribution is 6.16. The lowest BCUT2D eigenvalue weighted by Gasteiger charge is -1.49. The fourth-order valence-electron chi connectivity index (χ4n) is 0. The van der Waals surface area contributed by atoms with Crippen molar-refractivity contribution in [2.45, 2.75) is 13.0 Å². The third-order valence-electron chi connectivity index (χ3n) is 0.167. The van der Waals surface area contributed by atoms with E-state index >= 15 is 0 Å². The Morgan fingerprint density at radius 3 is 2.25 bits per heavy atom. The molecule has 0 atom stereocenters. The first-order valence-corrected chi connectivity index (χ1v) is 2.64. The summed E-state index contributed by atoms with van der Waals surface area (Å²) in [7, 11) is -0.468. The smallest absolute Gasteiger partial charge is 0.260 e. The maximum Gasteiger partial charge on any atom is 0.260 e. The van der Waals surface area contributed by atoms with Gasteiger partial charge in [-0.3, -0.25) is 0 Å². The van der Waals surface area contributed by atoms with Gasteiger partial charge in [-0.2, -0.15) is 0 Å². The van der Waals surface area contributed by atoms with Crippen LogP contribution in [0.25, 0.3) is 0 Å². The van der Waals surface area contributed by atoms with Gasteiger partial charge in [0, 0.05) is 0 Å². The number of rotatable bonds is 1. The summed E-state index contributed by atoms with van der Waals surface area (Å²) in [5, 5.41) is 0. The third-order valence-corrected chi connectivity index (χ3v) is 0.500. The Morgan fingerprint density at radius 1 is 2.00 bits per heavy atom. The van der Waals surface area contributed by atoms with Crippen molar-refractivity contribution in [3.8, 4) is 0 Å². The summed E-state index contributed by atoms with van der Waals surface area (Å²) in [5.74, 6) is 0. The molecule has 0 rings (SSSR count). The van der Waals surface area contributed by atoms with E-state index in [0.29, 0.717) is 0 Å². The molecular formula is C2H6OSi. The van der Waals surface area contributed by atoms with Crippen molar-refractivity contribution in [3.63, 3.8) is 0 Å². The molecule has 0 aromatic carbocycles. The Balaban J connectivity index is 2.30. The second-order valence-corrected chi connectivity index (χ2v) is 1.72. The minimum absolute atomic E-state index is 0.468. The molecule has 0 aromatic heterocycles. The largest absolute Gasteiger partial charge is 0.392 e. The number of hydrogen-bond acceptors (Lipinski definition) is 1. The molecule has 1 nitrogen and oxygen atoms in total. The fraction of sp³-hybridized carbons (Fsp3) is 1.00. The van der Waals surface area contributed by atoms with Crippen LogP contribution in [0.4, 0.5) is 0 Å². The Kier molecular flexibility index (Phi) is 3.03. The van der Waals surface area contributed by atoms with Gasteiger partial charge in [0.1, 0.15) is 0 Å². The summed E-state index contributed by atoms with van der Waals surface area (Å²) in [6, 6.07) is 0.847. The SMILES string of the molecule is CC[SiH]=O. The molecule has 0 unspecified atom stereocenters. The Labute approximate surface area is 27.9 Å². The van der Waals surface area contributed by atoms with Crippen molar-refractivity contribution < 1.29 is 4.46 Å². The summed E-state index contributed by atoms with van der Waals surface area (Å²) < 4.78 is 9.38. The Bertz CT molecular complexity index is 20.0. The molecule has 0 bridgehead atoms. The Morgan fingerprint density at radius 2 is 2.25 bits per heavy atom. The highest BCUT2D eigenvalue weighted by Gasteiger charge is 1.56. The highest BCUT2D eigenvalue weighted by atomic mass is 28.2. The first-order chi connectivity index (χ1) is 1.91.